The Hall–Kier alpha value is -0.940. The van der Waals surface area contributed by atoms with Gasteiger partial charge < -0.3 is 15.0 Å². The van der Waals surface area contributed by atoms with Crippen molar-refractivity contribution in [3.05, 3.63) is 11.7 Å². The first kappa shape index (κ1) is 10.6. The minimum Gasteiger partial charge on any atom is -0.378 e. The molecule has 2 atom stereocenters. The van der Waals surface area contributed by atoms with Crippen molar-refractivity contribution in [1.82, 2.24) is 10.1 Å². The Morgan fingerprint density at radius 3 is 3.13 bits per heavy atom. The molecule has 1 aromatic heterocycles. The van der Waals surface area contributed by atoms with Gasteiger partial charge in [0.25, 0.3) is 0 Å². The summed E-state index contributed by atoms with van der Waals surface area (Å²) in [6.45, 7) is 2.85. The van der Waals surface area contributed by atoms with Crippen LogP contribution in [0.4, 0.5) is 0 Å². The van der Waals surface area contributed by atoms with Gasteiger partial charge in [0, 0.05) is 13.0 Å². The van der Waals surface area contributed by atoms with Gasteiger partial charge >= 0.3 is 0 Å². The molecule has 1 saturated heterocycles. The average Bonchev–Trinajstić information content (AvgIpc) is 2.88. The number of nitrogens with zero attached hydrogens (tertiary/aromatic N) is 2. The lowest BCUT2D eigenvalue weighted by molar-refractivity contribution is 0.109. The van der Waals surface area contributed by atoms with Crippen LogP contribution < -0.4 is 5.73 Å². The van der Waals surface area contributed by atoms with Crippen molar-refractivity contribution in [1.29, 1.82) is 0 Å². The fraction of sp³-hybridized carbons (Fsp3) is 0.800. The standard InChI is InChI=1S/C10H17N3O2/c1-2-8(11)10-12-9(13-15-10)6-7-4-3-5-14-7/h7-8H,2-6,11H2,1H3. The molecule has 0 radical (unpaired) electrons. The summed E-state index contributed by atoms with van der Waals surface area (Å²) in [5.41, 5.74) is 5.79. The third-order valence-electron chi connectivity index (χ3n) is 2.68. The lowest BCUT2D eigenvalue weighted by atomic mass is 10.2. The van der Waals surface area contributed by atoms with E-state index in [2.05, 4.69) is 10.1 Å². The van der Waals surface area contributed by atoms with Crippen LogP contribution in [0, 0.1) is 0 Å². The maximum absolute atomic E-state index is 5.79. The molecule has 0 saturated carbocycles. The summed E-state index contributed by atoms with van der Waals surface area (Å²) in [7, 11) is 0. The van der Waals surface area contributed by atoms with Crippen LogP contribution >= 0.6 is 0 Å². The van der Waals surface area contributed by atoms with Crippen molar-refractivity contribution in [2.75, 3.05) is 6.61 Å². The summed E-state index contributed by atoms with van der Waals surface area (Å²) in [6, 6.07) is -0.143. The molecule has 5 nitrogen and oxygen atoms in total. The molecule has 1 aliphatic rings. The fourth-order valence-electron chi connectivity index (χ4n) is 1.68. The van der Waals surface area contributed by atoms with E-state index in [1.165, 1.54) is 0 Å². The monoisotopic (exact) mass is 211 g/mol. The van der Waals surface area contributed by atoms with Crippen molar-refractivity contribution in [2.45, 2.75) is 44.8 Å². The van der Waals surface area contributed by atoms with Crippen LogP contribution in [0.1, 0.15) is 43.9 Å². The van der Waals surface area contributed by atoms with Crippen LogP contribution in [-0.4, -0.2) is 22.9 Å². The third-order valence-corrected chi connectivity index (χ3v) is 2.68. The molecule has 0 aliphatic carbocycles. The first-order chi connectivity index (χ1) is 7.29. The minimum absolute atomic E-state index is 0.143. The SMILES string of the molecule is CCC(N)c1nc(CC2CCCO2)no1. The van der Waals surface area contributed by atoms with E-state index in [0.29, 0.717) is 11.7 Å². The molecule has 2 N–H and O–H groups in total. The van der Waals surface area contributed by atoms with Gasteiger partial charge in [0.2, 0.25) is 5.89 Å². The summed E-state index contributed by atoms with van der Waals surface area (Å²) in [4.78, 5) is 4.26. The largest absolute Gasteiger partial charge is 0.378 e. The Morgan fingerprint density at radius 1 is 1.60 bits per heavy atom. The molecule has 0 aromatic carbocycles. The van der Waals surface area contributed by atoms with Crippen LogP contribution in [-0.2, 0) is 11.2 Å². The van der Waals surface area contributed by atoms with Crippen molar-refractivity contribution in [3.63, 3.8) is 0 Å². The van der Waals surface area contributed by atoms with Gasteiger partial charge in [0.15, 0.2) is 5.82 Å². The van der Waals surface area contributed by atoms with Gasteiger partial charge in [-0.05, 0) is 19.3 Å². The second-order valence-electron chi connectivity index (χ2n) is 3.90. The highest BCUT2D eigenvalue weighted by Crippen LogP contribution is 2.17. The van der Waals surface area contributed by atoms with Gasteiger partial charge in [0.05, 0.1) is 12.1 Å². The molecule has 1 fully saturated rings. The van der Waals surface area contributed by atoms with Crippen LogP contribution in [0.2, 0.25) is 0 Å². The summed E-state index contributed by atoms with van der Waals surface area (Å²) in [6.07, 6.45) is 4.02. The zero-order chi connectivity index (χ0) is 10.7. The van der Waals surface area contributed by atoms with Gasteiger partial charge in [-0.1, -0.05) is 12.1 Å². The molecule has 5 heteroatoms. The molecule has 2 rings (SSSR count). The quantitative estimate of drug-likeness (QED) is 0.810. The van der Waals surface area contributed by atoms with Crippen molar-refractivity contribution < 1.29 is 9.26 Å². The molecular weight excluding hydrogens is 194 g/mol. The lowest BCUT2D eigenvalue weighted by Crippen LogP contribution is -2.11. The molecule has 1 aromatic rings. The molecular formula is C10H17N3O2. The summed E-state index contributed by atoms with van der Waals surface area (Å²) in [5, 5.41) is 3.90. The minimum atomic E-state index is -0.143. The normalized spacial score (nSPS) is 23.2. The predicted molar refractivity (Wildman–Crippen MR) is 54.2 cm³/mol. The van der Waals surface area contributed by atoms with E-state index in [0.717, 1.165) is 32.3 Å². The third kappa shape index (κ3) is 2.54. The van der Waals surface area contributed by atoms with Crippen molar-refractivity contribution in [2.24, 2.45) is 5.73 Å². The topological polar surface area (TPSA) is 74.2 Å². The molecule has 2 heterocycles. The Morgan fingerprint density at radius 2 is 2.47 bits per heavy atom. The second kappa shape index (κ2) is 4.72. The van der Waals surface area contributed by atoms with E-state index in [-0.39, 0.29) is 12.1 Å². The number of hydrogen-bond donors (Lipinski definition) is 1. The van der Waals surface area contributed by atoms with Crippen molar-refractivity contribution >= 4 is 0 Å². The van der Waals surface area contributed by atoms with E-state index >= 15 is 0 Å². The van der Waals surface area contributed by atoms with Crippen molar-refractivity contribution in [3.8, 4) is 0 Å². The molecule has 0 spiro atoms. The lowest BCUT2D eigenvalue weighted by Gasteiger charge is -2.04. The summed E-state index contributed by atoms with van der Waals surface area (Å²) >= 11 is 0. The first-order valence-electron chi connectivity index (χ1n) is 5.49. The van der Waals surface area contributed by atoms with Crippen LogP contribution in [0.5, 0.6) is 0 Å². The van der Waals surface area contributed by atoms with E-state index in [4.69, 9.17) is 15.0 Å². The fourth-order valence-corrected chi connectivity index (χ4v) is 1.68. The molecule has 1 aliphatic heterocycles. The van der Waals surface area contributed by atoms with Gasteiger partial charge in [-0.25, -0.2) is 0 Å². The summed E-state index contributed by atoms with van der Waals surface area (Å²) in [5.74, 6) is 1.24. The maximum Gasteiger partial charge on any atom is 0.243 e. The van der Waals surface area contributed by atoms with Crippen LogP contribution in [0.15, 0.2) is 4.52 Å². The van der Waals surface area contributed by atoms with E-state index in [1.807, 2.05) is 6.92 Å². The highest BCUT2D eigenvalue weighted by Gasteiger charge is 2.20. The first-order valence-corrected chi connectivity index (χ1v) is 5.49. The Bertz CT molecular complexity index is 307. The summed E-state index contributed by atoms with van der Waals surface area (Å²) < 4.78 is 10.6. The van der Waals surface area contributed by atoms with Gasteiger partial charge in [-0.3, -0.25) is 0 Å². The number of nitrogens with two attached hydrogens (primary N) is 1. The Balaban J connectivity index is 1.94. The second-order valence-corrected chi connectivity index (χ2v) is 3.90. The number of aromatic nitrogens is 2. The van der Waals surface area contributed by atoms with Gasteiger partial charge in [0.1, 0.15) is 0 Å². The molecule has 84 valence electrons. The smallest absolute Gasteiger partial charge is 0.243 e. The average molecular weight is 211 g/mol. The maximum atomic E-state index is 5.79. The Labute approximate surface area is 89.0 Å². The molecule has 2 unspecified atom stereocenters. The molecule has 15 heavy (non-hydrogen) atoms. The Kier molecular flexibility index (Phi) is 3.33. The molecule has 0 bridgehead atoms. The van der Waals surface area contributed by atoms with Crippen LogP contribution in [0.25, 0.3) is 0 Å². The van der Waals surface area contributed by atoms with E-state index in [9.17, 15) is 0 Å². The van der Waals surface area contributed by atoms with Crippen LogP contribution in [0.3, 0.4) is 0 Å². The number of hydrogen-bond acceptors (Lipinski definition) is 5. The number of ether oxygens (including phenoxy) is 1. The van der Waals surface area contributed by atoms with E-state index < -0.39 is 0 Å². The van der Waals surface area contributed by atoms with Gasteiger partial charge in [-0.15, -0.1) is 0 Å². The number of rotatable bonds is 4. The molecule has 0 amide bonds. The highest BCUT2D eigenvalue weighted by atomic mass is 16.5. The predicted octanol–water partition coefficient (Wildman–Crippen LogP) is 1.20. The zero-order valence-electron chi connectivity index (χ0n) is 8.98. The zero-order valence-corrected chi connectivity index (χ0v) is 8.98. The van der Waals surface area contributed by atoms with E-state index in [1.54, 1.807) is 0 Å². The highest BCUT2D eigenvalue weighted by molar-refractivity contribution is 4.93. The van der Waals surface area contributed by atoms with Gasteiger partial charge in [-0.2, -0.15) is 4.98 Å².